The van der Waals surface area contributed by atoms with E-state index in [9.17, 15) is 10.1 Å². The van der Waals surface area contributed by atoms with Gasteiger partial charge in [0.25, 0.3) is 0 Å². The predicted octanol–water partition coefficient (Wildman–Crippen LogP) is 2.62. The molecule has 2 rings (SSSR count). The van der Waals surface area contributed by atoms with Gasteiger partial charge in [-0.2, -0.15) is 0 Å². The zero-order valence-corrected chi connectivity index (χ0v) is 10.7. The SMILES string of the molecule is CC(Nc1ncc(Cl)cc1[N+](=O)[O-])C1CCCO1. The maximum atomic E-state index is 10.9. The third-order valence-electron chi connectivity index (χ3n) is 2.92. The number of anilines is 1. The van der Waals surface area contributed by atoms with Gasteiger partial charge in [0.2, 0.25) is 5.82 Å². The highest BCUT2D eigenvalue weighted by atomic mass is 35.5. The molecule has 0 spiro atoms. The second kappa shape index (κ2) is 5.49. The van der Waals surface area contributed by atoms with Gasteiger partial charge in [-0.3, -0.25) is 10.1 Å². The first kappa shape index (κ1) is 13.0. The van der Waals surface area contributed by atoms with Crippen LogP contribution < -0.4 is 5.32 Å². The van der Waals surface area contributed by atoms with Crippen LogP contribution in [0, 0.1) is 10.1 Å². The summed E-state index contributed by atoms with van der Waals surface area (Å²) < 4.78 is 5.52. The first-order valence-electron chi connectivity index (χ1n) is 5.76. The number of rotatable bonds is 4. The molecule has 7 heteroatoms. The van der Waals surface area contributed by atoms with E-state index in [1.54, 1.807) is 0 Å². The van der Waals surface area contributed by atoms with Crippen molar-refractivity contribution in [2.24, 2.45) is 0 Å². The van der Waals surface area contributed by atoms with E-state index in [0.717, 1.165) is 19.4 Å². The van der Waals surface area contributed by atoms with Gasteiger partial charge in [-0.25, -0.2) is 4.98 Å². The second-order valence-electron chi connectivity index (χ2n) is 4.26. The van der Waals surface area contributed by atoms with E-state index >= 15 is 0 Å². The monoisotopic (exact) mass is 271 g/mol. The molecule has 98 valence electrons. The molecular weight excluding hydrogens is 258 g/mol. The van der Waals surface area contributed by atoms with E-state index in [1.165, 1.54) is 12.3 Å². The number of hydrogen-bond donors (Lipinski definition) is 1. The van der Waals surface area contributed by atoms with E-state index in [1.807, 2.05) is 6.92 Å². The number of hydrogen-bond acceptors (Lipinski definition) is 5. The van der Waals surface area contributed by atoms with Crippen LogP contribution >= 0.6 is 11.6 Å². The van der Waals surface area contributed by atoms with Gasteiger partial charge in [-0.1, -0.05) is 11.6 Å². The molecule has 2 heterocycles. The van der Waals surface area contributed by atoms with Crippen LogP contribution in [-0.2, 0) is 4.74 Å². The number of nitrogens with zero attached hydrogens (tertiary/aromatic N) is 2. The minimum atomic E-state index is -0.497. The van der Waals surface area contributed by atoms with Crippen molar-refractivity contribution in [1.82, 2.24) is 4.98 Å². The molecule has 1 aliphatic heterocycles. The Balaban J connectivity index is 2.15. The Morgan fingerprint density at radius 1 is 1.72 bits per heavy atom. The maximum absolute atomic E-state index is 10.9. The molecule has 1 aromatic heterocycles. The molecule has 0 aromatic carbocycles. The molecule has 1 saturated heterocycles. The van der Waals surface area contributed by atoms with Crippen LogP contribution in [0.2, 0.25) is 5.02 Å². The van der Waals surface area contributed by atoms with Gasteiger partial charge < -0.3 is 10.1 Å². The number of nitro groups is 1. The van der Waals surface area contributed by atoms with Crippen molar-refractivity contribution in [3.63, 3.8) is 0 Å². The highest BCUT2D eigenvalue weighted by Gasteiger charge is 2.25. The number of halogens is 1. The summed E-state index contributed by atoms with van der Waals surface area (Å²) in [7, 11) is 0. The van der Waals surface area contributed by atoms with E-state index in [4.69, 9.17) is 16.3 Å². The van der Waals surface area contributed by atoms with Gasteiger partial charge in [0.15, 0.2) is 0 Å². The van der Waals surface area contributed by atoms with Crippen molar-refractivity contribution in [3.8, 4) is 0 Å². The molecule has 1 aromatic rings. The molecule has 2 unspecified atom stereocenters. The lowest BCUT2D eigenvalue weighted by Crippen LogP contribution is -2.30. The number of ether oxygens (including phenoxy) is 1. The minimum Gasteiger partial charge on any atom is -0.376 e. The fraction of sp³-hybridized carbons (Fsp3) is 0.545. The molecule has 0 bridgehead atoms. The maximum Gasteiger partial charge on any atom is 0.312 e. The van der Waals surface area contributed by atoms with Crippen molar-refractivity contribution in [3.05, 3.63) is 27.4 Å². The van der Waals surface area contributed by atoms with Crippen molar-refractivity contribution in [1.29, 1.82) is 0 Å². The Morgan fingerprint density at radius 2 is 2.50 bits per heavy atom. The van der Waals surface area contributed by atoms with Crippen molar-refractivity contribution >= 4 is 23.1 Å². The van der Waals surface area contributed by atoms with Gasteiger partial charge in [-0.05, 0) is 19.8 Å². The molecule has 2 atom stereocenters. The van der Waals surface area contributed by atoms with Gasteiger partial charge in [0.05, 0.1) is 22.1 Å². The standard InChI is InChI=1S/C11H14ClN3O3/c1-7(10-3-2-4-18-10)14-11-9(15(16)17)5-8(12)6-13-11/h5-7,10H,2-4H2,1H3,(H,13,14). The number of pyridine rings is 1. The Kier molecular flexibility index (Phi) is 3.98. The van der Waals surface area contributed by atoms with Gasteiger partial charge in [0, 0.05) is 18.9 Å². The normalized spacial score (nSPS) is 20.7. The zero-order valence-electron chi connectivity index (χ0n) is 9.93. The first-order valence-corrected chi connectivity index (χ1v) is 6.14. The van der Waals surface area contributed by atoms with Crippen molar-refractivity contribution in [2.45, 2.75) is 31.9 Å². The quantitative estimate of drug-likeness (QED) is 0.673. The van der Waals surface area contributed by atoms with E-state index < -0.39 is 4.92 Å². The lowest BCUT2D eigenvalue weighted by Gasteiger charge is -2.20. The summed E-state index contributed by atoms with van der Waals surface area (Å²) in [5.74, 6) is 0.229. The summed E-state index contributed by atoms with van der Waals surface area (Å²) in [4.78, 5) is 14.4. The molecule has 1 N–H and O–H groups in total. The summed E-state index contributed by atoms with van der Waals surface area (Å²) in [6, 6.07) is 1.26. The highest BCUT2D eigenvalue weighted by molar-refractivity contribution is 6.30. The predicted molar refractivity (Wildman–Crippen MR) is 68.0 cm³/mol. The van der Waals surface area contributed by atoms with Crippen LogP contribution in [0.3, 0.4) is 0 Å². The molecule has 1 aliphatic rings. The molecule has 0 aliphatic carbocycles. The number of nitrogens with one attached hydrogen (secondary N) is 1. The zero-order chi connectivity index (χ0) is 13.1. The third-order valence-corrected chi connectivity index (χ3v) is 3.12. The molecule has 0 saturated carbocycles. The summed E-state index contributed by atoms with van der Waals surface area (Å²) in [5.41, 5.74) is -0.118. The van der Waals surface area contributed by atoms with E-state index in [0.29, 0.717) is 0 Å². The molecule has 0 radical (unpaired) electrons. The fourth-order valence-electron chi connectivity index (χ4n) is 1.98. The average Bonchev–Trinajstić information content (AvgIpc) is 2.84. The Bertz CT molecular complexity index is 449. The second-order valence-corrected chi connectivity index (χ2v) is 4.70. The first-order chi connectivity index (χ1) is 8.58. The molecular formula is C11H14ClN3O3. The van der Waals surface area contributed by atoms with E-state index in [-0.39, 0.29) is 28.7 Å². The summed E-state index contributed by atoms with van der Waals surface area (Å²) in [6.07, 6.45) is 3.43. The van der Waals surface area contributed by atoms with Crippen LogP contribution in [0.5, 0.6) is 0 Å². The van der Waals surface area contributed by atoms with Crippen molar-refractivity contribution < 1.29 is 9.66 Å². The van der Waals surface area contributed by atoms with Crippen LogP contribution in [0.4, 0.5) is 11.5 Å². The molecule has 0 amide bonds. The van der Waals surface area contributed by atoms with Crippen LogP contribution in [0.25, 0.3) is 0 Å². The summed E-state index contributed by atoms with van der Waals surface area (Å²) in [6.45, 7) is 2.67. The topological polar surface area (TPSA) is 77.3 Å². The molecule has 1 fully saturated rings. The Hall–Kier alpha value is -1.40. The van der Waals surface area contributed by atoms with Crippen LogP contribution in [-0.4, -0.2) is 28.7 Å². The summed E-state index contributed by atoms with van der Waals surface area (Å²) >= 11 is 5.71. The van der Waals surface area contributed by atoms with Gasteiger partial charge in [0.1, 0.15) is 0 Å². The summed E-state index contributed by atoms with van der Waals surface area (Å²) in [5, 5.41) is 14.2. The van der Waals surface area contributed by atoms with Crippen molar-refractivity contribution in [2.75, 3.05) is 11.9 Å². The van der Waals surface area contributed by atoms with Crippen LogP contribution in [0.1, 0.15) is 19.8 Å². The van der Waals surface area contributed by atoms with Crippen LogP contribution in [0.15, 0.2) is 12.3 Å². The highest BCUT2D eigenvalue weighted by Crippen LogP contribution is 2.27. The van der Waals surface area contributed by atoms with E-state index in [2.05, 4.69) is 10.3 Å². The molecule has 18 heavy (non-hydrogen) atoms. The largest absolute Gasteiger partial charge is 0.376 e. The fourth-order valence-corrected chi connectivity index (χ4v) is 2.14. The average molecular weight is 272 g/mol. The Labute approximate surface area is 109 Å². The molecule has 6 nitrogen and oxygen atoms in total. The number of aromatic nitrogens is 1. The smallest absolute Gasteiger partial charge is 0.312 e. The lowest BCUT2D eigenvalue weighted by molar-refractivity contribution is -0.384. The third kappa shape index (κ3) is 2.88. The minimum absolute atomic E-state index is 0.0279. The van der Waals surface area contributed by atoms with Gasteiger partial charge in [-0.15, -0.1) is 0 Å². The van der Waals surface area contributed by atoms with Gasteiger partial charge >= 0.3 is 5.69 Å². The lowest BCUT2D eigenvalue weighted by atomic mass is 10.1. The Morgan fingerprint density at radius 3 is 3.11 bits per heavy atom.